The van der Waals surface area contributed by atoms with Gasteiger partial charge in [0.05, 0.1) is 23.8 Å². The number of benzene rings is 1. The van der Waals surface area contributed by atoms with Crippen LogP contribution in [0, 0.1) is 5.82 Å². The lowest BCUT2D eigenvalue weighted by Crippen LogP contribution is -2.41. The number of nitrogens with zero attached hydrogens (tertiary/aromatic N) is 2. The van der Waals surface area contributed by atoms with Gasteiger partial charge in [0.25, 0.3) is 0 Å². The second-order valence-corrected chi connectivity index (χ2v) is 7.68. The van der Waals surface area contributed by atoms with Crippen molar-refractivity contribution in [2.75, 3.05) is 5.75 Å². The molecule has 0 saturated heterocycles. The Hall–Kier alpha value is -2.55. The lowest BCUT2D eigenvalue weighted by molar-refractivity contribution is -0.140. The zero-order chi connectivity index (χ0) is 20.3. The third-order valence-electron chi connectivity index (χ3n) is 4.30. The van der Waals surface area contributed by atoms with Crippen LogP contribution in [0.4, 0.5) is 17.6 Å². The normalized spacial score (nSPS) is 19.0. The van der Waals surface area contributed by atoms with E-state index in [2.05, 4.69) is 4.98 Å². The molecule has 1 amide bonds. The first-order valence-corrected chi connectivity index (χ1v) is 9.72. The summed E-state index contributed by atoms with van der Waals surface area (Å²) in [4.78, 5) is 18.2. The number of rotatable bonds is 5. The van der Waals surface area contributed by atoms with E-state index in [4.69, 9.17) is 0 Å². The number of carbonyl (C=O) groups excluding carboxylic acids is 1. The molecule has 1 aromatic carbocycles. The van der Waals surface area contributed by atoms with Crippen LogP contribution in [-0.4, -0.2) is 31.8 Å². The summed E-state index contributed by atoms with van der Waals surface area (Å²) in [5.74, 6) is -1.57. The average Bonchev–Trinajstić information content (AvgIpc) is 3.05. The monoisotopic (exact) mass is 412 g/mol. The predicted octanol–water partition coefficient (Wildman–Crippen LogP) is 3.46. The van der Waals surface area contributed by atoms with Crippen molar-refractivity contribution in [3.05, 3.63) is 76.7 Å². The maximum atomic E-state index is 13.8. The highest BCUT2D eigenvalue weighted by molar-refractivity contribution is 7.88. The molecule has 2 aromatic rings. The van der Waals surface area contributed by atoms with Gasteiger partial charge in [-0.05, 0) is 35.4 Å². The minimum Gasteiger partial charge on any atom is -0.331 e. The van der Waals surface area contributed by atoms with E-state index in [1.807, 2.05) is 0 Å². The molecule has 148 valence electrons. The summed E-state index contributed by atoms with van der Waals surface area (Å²) in [6, 6.07) is 5.52. The first-order valence-electron chi connectivity index (χ1n) is 8.33. The van der Waals surface area contributed by atoms with Crippen LogP contribution in [0.3, 0.4) is 0 Å². The highest BCUT2D eigenvalue weighted by Crippen LogP contribution is 2.31. The van der Waals surface area contributed by atoms with E-state index in [0.717, 1.165) is 17.7 Å². The highest BCUT2D eigenvalue weighted by atomic mass is 32.2. The second kappa shape index (κ2) is 8.22. The zero-order valence-electron chi connectivity index (χ0n) is 14.5. The highest BCUT2D eigenvalue weighted by Gasteiger charge is 2.34. The van der Waals surface area contributed by atoms with E-state index < -0.39 is 40.3 Å². The Bertz CT molecular complexity index is 916. The molecule has 2 heterocycles. The molecule has 0 spiro atoms. The van der Waals surface area contributed by atoms with E-state index in [-0.39, 0.29) is 24.3 Å². The summed E-state index contributed by atoms with van der Waals surface area (Å²) in [6.07, 6.45) is -0.240. The number of aromatic nitrogens is 1. The van der Waals surface area contributed by atoms with Crippen LogP contribution in [-0.2, 0) is 34.7 Å². The van der Waals surface area contributed by atoms with Gasteiger partial charge in [0.1, 0.15) is 5.82 Å². The maximum absolute atomic E-state index is 13.8. The fraction of sp³-hybridized carbons (Fsp3) is 0.263. The molecular formula is C19H16F4N2O2S. The third kappa shape index (κ3) is 4.83. The number of amides is 1. The summed E-state index contributed by atoms with van der Waals surface area (Å²) >= 11 is 0. The molecule has 3 rings (SSSR count). The van der Waals surface area contributed by atoms with Crippen LogP contribution in [0.1, 0.15) is 16.7 Å². The molecule has 0 fully saturated rings. The molecule has 0 N–H and O–H groups in total. The topological polar surface area (TPSA) is 50.3 Å². The standard InChI is InChI=1S/C19H16F4N2O2S/c20-17-9-14(1-2-16(17)19(21,22)23)10-18(26)25(15-5-8-28(27)12-15)11-13-3-6-24-7-4-13/h1-9,15H,10-12H2. The number of hydrogen-bond acceptors (Lipinski definition) is 3. The Balaban J connectivity index is 1.80. The summed E-state index contributed by atoms with van der Waals surface area (Å²) in [5.41, 5.74) is -0.433. The van der Waals surface area contributed by atoms with Gasteiger partial charge in [-0.3, -0.25) is 14.0 Å². The van der Waals surface area contributed by atoms with Crippen molar-refractivity contribution < 1.29 is 26.6 Å². The summed E-state index contributed by atoms with van der Waals surface area (Å²) in [7, 11) is -1.18. The van der Waals surface area contributed by atoms with Gasteiger partial charge in [0, 0.05) is 35.1 Å². The fourth-order valence-electron chi connectivity index (χ4n) is 2.90. The lowest BCUT2D eigenvalue weighted by Gasteiger charge is -2.28. The molecule has 1 aromatic heterocycles. The lowest BCUT2D eigenvalue weighted by atomic mass is 10.1. The molecule has 2 unspecified atom stereocenters. The minimum absolute atomic E-state index is 0.137. The van der Waals surface area contributed by atoms with Gasteiger partial charge in [0.2, 0.25) is 5.91 Å². The summed E-state index contributed by atoms with van der Waals surface area (Å²) in [5, 5.41) is 1.51. The molecule has 0 bridgehead atoms. The van der Waals surface area contributed by atoms with Gasteiger partial charge in [0.15, 0.2) is 0 Å². The number of halogens is 4. The third-order valence-corrected chi connectivity index (χ3v) is 5.44. The zero-order valence-corrected chi connectivity index (χ0v) is 15.3. The Morgan fingerprint density at radius 3 is 2.46 bits per heavy atom. The van der Waals surface area contributed by atoms with Crippen molar-refractivity contribution in [1.29, 1.82) is 0 Å². The number of pyridine rings is 1. The Morgan fingerprint density at radius 2 is 1.89 bits per heavy atom. The van der Waals surface area contributed by atoms with Crippen LogP contribution in [0.15, 0.2) is 54.2 Å². The van der Waals surface area contributed by atoms with Crippen molar-refractivity contribution in [2.45, 2.75) is 25.2 Å². The van der Waals surface area contributed by atoms with Gasteiger partial charge >= 0.3 is 6.18 Å². The number of carbonyl (C=O) groups is 1. The van der Waals surface area contributed by atoms with Crippen molar-refractivity contribution in [2.24, 2.45) is 0 Å². The van der Waals surface area contributed by atoms with Gasteiger partial charge in [-0.1, -0.05) is 12.1 Å². The van der Waals surface area contributed by atoms with Gasteiger partial charge in [-0.15, -0.1) is 0 Å². The van der Waals surface area contributed by atoms with Crippen LogP contribution >= 0.6 is 0 Å². The molecule has 2 atom stereocenters. The SMILES string of the molecule is O=C(Cc1ccc(C(F)(F)F)c(F)c1)N(Cc1ccncc1)C1C=CS(=O)C1. The van der Waals surface area contributed by atoms with Crippen LogP contribution in [0.2, 0.25) is 0 Å². The van der Waals surface area contributed by atoms with E-state index in [1.54, 1.807) is 30.6 Å². The first-order chi connectivity index (χ1) is 13.2. The molecule has 28 heavy (non-hydrogen) atoms. The first kappa shape index (κ1) is 20.2. The molecule has 0 radical (unpaired) electrons. The molecule has 4 nitrogen and oxygen atoms in total. The quantitative estimate of drug-likeness (QED) is 0.707. The predicted molar refractivity (Wildman–Crippen MR) is 95.8 cm³/mol. The van der Waals surface area contributed by atoms with Crippen LogP contribution in [0.5, 0.6) is 0 Å². The smallest absolute Gasteiger partial charge is 0.331 e. The van der Waals surface area contributed by atoms with E-state index in [0.29, 0.717) is 6.07 Å². The van der Waals surface area contributed by atoms with Gasteiger partial charge in [-0.25, -0.2) is 4.39 Å². The molecule has 0 saturated carbocycles. The molecule has 0 aliphatic carbocycles. The fourth-order valence-corrected chi connectivity index (χ4v) is 4.00. The van der Waals surface area contributed by atoms with E-state index in [9.17, 15) is 26.6 Å². The Labute approximate surface area is 161 Å². The summed E-state index contributed by atoms with van der Waals surface area (Å²) in [6.45, 7) is 0.219. The Kier molecular flexibility index (Phi) is 5.93. The van der Waals surface area contributed by atoms with Crippen molar-refractivity contribution in [3.63, 3.8) is 0 Å². The van der Waals surface area contributed by atoms with Gasteiger partial charge in [-0.2, -0.15) is 13.2 Å². The largest absolute Gasteiger partial charge is 0.419 e. The molecular weight excluding hydrogens is 396 g/mol. The molecule has 9 heteroatoms. The second-order valence-electron chi connectivity index (χ2n) is 6.31. The van der Waals surface area contributed by atoms with Gasteiger partial charge < -0.3 is 4.90 Å². The van der Waals surface area contributed by atoms with E-state index in [1.165, 1.54) is 10.3 Å². The summed E-state index contributed by atoms with van der Waals surface area (Å²) < 4.78 is 63.6. The number of alkyl halides is 3. The number of hydrogen-bond donors (Lipinski definition) is 0. The van der Waals surface area contributed by atoms with Crippen LogP contribution < -0.4 is 0 Å². The average molecular weight is 412 g/mol. The minimum atomic E-state index is -4.79. The maximum Gasteiger partial charge on any atom is 0.419 e. The molecule has 1 aliphatic heterocycles. The molecule has 1 aliphatic rings. The van der Waals surface area contributed by atoms with Crippen LogP contribution in [0.25, 0.3) is 0 Å². The van der Waals surface area contributed by atoms with Crippen molar-refractivity contribution in [3.8, 4) is 0 Å². The van der Waals surface area contributed by atoms with E-state index >= 15 is 0 Å². The van der Waals surface area contributed by atoms with Crippen molar-refractivity contribution in [1.82, 2.24) is 9.88 Å². The van der Waals surface area contributed by atoms with Crippen molar-refractivity contribution >= 4 is 16.7 Å². The Morgan fingerprint density at radius 1 is 1.18 bits per heavy atom.